The summed E-state index contributed by atoms with van der Waals surface area (Å²) in [6.45, 7) is 3.50. The van der Waals surface area contributed by atoms with Crippen molar-refractivity contribution >= 4 is 17.1 Å². The van der Waals surface area contributed by atoms with Crippen LogP contribution >= 0.6 is 0 Å². The van der Waals surface area contributed by atoms with Crippen molar-refractivity contribution in [2.45, 2.75) is 25.5 Å². The van der Waals surface area contributed by atoms with Gasteiger partial charge < -0.3 is 19.3 Å². The van der Waals surface area contributed by atoms with Gasteiger partial charge in [-0.15, -0.1) is 0 Å². The molecule has 9 nitrogen and oxygen atoms in total. The number of methoxy groups -OCH3 is 1. The lowest BCUT2D eigenvalue weighted by atomic mass is 10.1. The minimum Gasteiger partial charge on any atom is -0.497 e. The van der Waals surface area contributed by atoms with Gasteiger partial charge in [0.05, 0.1) is 13.4 Å². The van der Waals surface area contributed by atoms with E-state index in [4.69, 9.17) is 24.7 Å². The van der Waals surface area contributed by atoms with E-state index in [2.05, 4.69) is 16.1 Å². The molecule has 0 N–H and O–H groups in total. The third-order valence-corrected chi connectivity index (χ3v) is 5.94. The van der Waals surface area contributed by atoms with E-state index in [0.717, 1.165) is 54.0 Å². The molecule has 0 bridgehead atoms. The Labute approximate surface area is 180 Å². The normalized spacial score (nSPS) is 19.4. The predicted octanol–water partition coefficient (Wildman–Crippen LogP) is 2.80. The van der Waals surface area contributed by atoms with Crippen LogP contribution in [0.15, 0.2) is 30.6 Å². The zero-order valence-electron chi connectivity index (χ0n) is 17.6. The summed E-state index contributed by atoms with van der Waals surface area (Å²) >= 11 is 0. The first kappa shape index (κ1) is 19.6. The molecule has 1 unspecified atom stereocenters. The molecule has 0 saturated carbocycles. The number of benzene rings is 1. The Morgan fingerprint density at radius 2 is 1.90 bits per heavy atom. The number of ether oxygens (including phenoxy) is 2. The summed E-state index contributed by atoms with van der Waals surface area (Å²) in [4.78, 5) is 18.4. The van der Waals surface area contributed by atoms with Crippen LogP contribution in [0.2, 0.25) is 0 Å². The van der Waals surface area contributed by atoms with E-state index < -0.39 is 0 Å². The highest BCUT2D eigenvalue weighted by molar-refractivity contribution is 5.88. The molecular weight excluding hydrogens is 394 g/mol. The Balaban J connectivity index is 1.60. The van der Waals surface area contributed by atoms with Crippen molar-refractivity contribution in [1.29, 1.82) is 5.26 Å². The summed E-state index contributed by atoms with van der Waals surface area (Å²) in [6, 6.07) is 7.84. The number of anilines is 1. The maximum atomic E-state index is 9.17. The first-order valence-electron chi connectivity index (χ1n) is 10.7. The fraction of sp³-hybridized carbons (Fsp3) is 0.455. The van der Waals surface area contributed by atoms with Gasteiger partial charge in [0.2, 0.25) is 5.95 Å². The average molecular weight is 419 g/mol. The van der Waals surface area contributed by atoms with Gasteiger partial charge in [-0.25, -0.2) is 9.97 Å². The van der Waals surface area contributed by atoms with E-state index in [1.165, 1.54) is 0 Å². The molecule has 0 aliphatic carbocycles. The number of piperazine rings is 1. The van der Waals surface area contributed by atoms with Crippen LogP contribution in [-0.4, -0.2) is 64.3 Å². The highest BCUT2D eigenvalue weighted by Crippen LogP contribution is 2.32. The summed E-state index contributed by atoms with van der Waals surface area (Å²) < 4.78 is 13.4. The Bertz CT molecular complexity index is 1090. The summed E-state index contributed by atoms with van der Waals surface area (Å²) in [5.41, 5.74) is 3.30. The fourth-order valence-electron chi connectivity index (χ4n) is 4.16. The molecular formula is C22H25N7O2. The van der Waals surface area contributed by atoms with E-state index in [9.17, 15) is 0 Å². The number of nitriles is 1. The lowest BCUT2D eigenvalue weighted by molar-refractivity contribution is -0.0298. The standard InChI is InChI=1S/C22H25N7O2/c1-30-17-7-5-16(6-8-17)19-20-21(29(15-24-20)18-4-2-3-13-31-18)26-22(25-19)28-11-9-27(14-23)10-12-28/h5-8,15,18H,2-4,9-13H2,1H3. The maximum absolute atomic E-state index is 9.17. The second-order valence-corrected chi connectivity index (χ2v) is 7.82. The van der Waals surface area contributed by atoms with Gasteiger partial charge in [0.1, 0.15) is 23.2 Å². The number of rotatable bonds is 4. The minimum absolute atomic E-state index is 0.0550. The van der Waals surface area contributed by atoms with Gasteiger partial charge in [0.25, 0.3) is 0 Å². The molecule has 0 spiro atoms. The van der Waals surface area contributed by atoms with Crippen LogP contribution in [0.3, 0.4) is 0 Å². The first-order chi connectivity index (χ1) is 15.3. The van der Waals surface area contributed by atoms with E-state index in [1.54, 1.807) is 12.0 Å². The number of nitrogens with zero attached hydrogens (tertiary/aromatic N) is 7. The van der Waals surface area contributed by atoms with Gasteiger partial charge in [0.15, 0.2) is 11.8 Å². The van der Waals surface area contributed by atoms with Crippen molar-refractivity contribution in [2.75, 3.05) is 44.8 Å². The summed E-state index contributed by atoms with van der Waals surface area (Å²) in [7, 11) is 1.66. The molecule has 4 heterocycles. The molecule has 2 aliphatic rings. The molecule has 160 valence electrons. The van der Waals surface area contributed by atoms with E-state index >= 15 is 0 Å². The molecule has 2 aliphatic heterocycles. The van der Waals surface area contributed by atoms with Crippen LogP contribution in [0.25, 0.3) is 22.4 Å². The molecule has 31 heavy (non-hydrogen) atoms. The number of hydrogen-bond acceptors (Lipinski definition) is 8. The molecule has 1 atom stereocenters. The van der Waals surface area contributed by atoms with E-state index in [0.29, 0.717) is 32.1 Å². The monoisotopic (exact) mass is 419 g/mol. The molecule has 2 aromatic heterocycles. The van der Waals surface area contributed by atoms with Crippen LogP contribution in [0, 0.1) is 11.5 Å². The van der Waals surface area contributed by atoms with Crippen LogP contribution in [0.1, 0.15) is 25.5 Å². The van der Waals surface area contributed by atoms with Crippen molar-refractivity contribution in [3.63, 3.8) is 0 Å². The lowest BCUT2D eigenvalue weighted by Crippen LogP contribution is -2.45. The SMILES string of the molecule is COc1ccc(-c2nc(N3CCN(C#N)CC3)nc3c2ncn3C2CCCCO2)cc1. The smallest absolute Gasteiger partial charge is 0.228 e. The molecule has 5 rings (SSSR count). The zero-order valence-corrected chi connectivity index (χ0v) is 17.6. The minimum atomic E-state index is -0.0550. The largest absolute Gasteiger partial charge is 0.497 e. The van der Waals surface area contributed by atoms with Crippen LogP contribution in [0.4, 0.5) is 5.95 Å². The second kappa shape index (κ2) is 8.40. The van der Waals surface area contributed by atoms with Gasteiger partial charge in [-0.1, -0.05) is 0 Å². The fourth-order valence-corrected chi connectivity index (χ4v) is 4.16. The predicted molar refractivity (Wildman–Crippen MR) is 116 cm³/mol. The van der Waals surface area contributed by atoms with Crippen LogP contribution in [0.5, 0.6) is 5.75 Å². The summed E-state index contributed by atoms with van der Waals surface area (Å²) in [5, 5.41) is 9.17. The van der Waals surface area contributed by atoms with Gasteiger partial charge >= 0.3 is 0 Å². The van der Waals surface area contributed by atoms with Crippen molar-refractivity contribution < 1.29 is 9.47 Å². The Kier molecular flexibility index (Phi) is 5.30. The molecule has 0 amide bonds. The van der Waals surface area contributed by atoms with Crippen molar-refractivity contribution in [3.8, 4) is 23.2 Å². The van der Waals surface area contributed by atoms with Gasteiger partial charge in [-0.2, -0.15) is 10.2 Å². The highest BCUT2D eigenvalue weighted by atomic mass is 16.5. The first-order valence-corrected chi connectivity index (χ1v) is 10.7. The topological polar surface area (TPSA) is 92.3 Å². The quantitative estimate of drug-likeness (QED) is 0.596. The molecule has 0 radical (unpaired) electrons. The number of fused-ring (bicyclic) bond motifs is 1. The van der Waals surface area contributed by atoms with Crippen LogP contribution in [-0.2, 0) is 4.74 Å². The third kappa shape index (κ3) is 3.75. The molecule has 2 fully saturated rings. The van der Waals surface area contributed by atoms with Gasteiger partial charge in [-0.3, -0.25) is 4.57 Å². The molecule has 1 aromatic carbocycles. The van der Waals surface area contributed by atoms with Gasteiger partial charge in [-0.05, 0) is 43.5 Å². The molecule has 2 saturated heterocycles. The maximum Gasteiger partial charge on any atom is 0.228 e. The van der Waals surface area contributed by atoms with Crippen molar-refractivity contribution in [3.05, 3.63) is 30.6 Å². The Morgan fingerprint density at radius 1 is 1.10 bits per heavy atom. The number of aromatic nitrogens is 4. The van der Waals surface area contributed by atoms with E-state index in [1.807, 2.05) is 35.2 Å². The highest BCUT2D eigenvalue weighted by Gasteiger charge is 2.25. The Hall–Kier alpha value is -3.38. The Morgan fingerprint density at radius 3 is 2.58 bits per heavy atom. The molecule has 3 aromatic rings. The van der Waals surface area contributed by atoms with Gasteiger partial charge in [0, 0.05) is 38.3 Å². The zero-order chi connectivity index (χ0) is 21.2. The van der Waals surface area contributed by atoms with E-state index in [-0.39, 0.29) is 6.23 Å². The third-order valence-electron chi connectivity index (χ3n) is 5.94. The van der Waals surface area contributed by atoms with Crippen LogP contribution < -0.4 is 9.64 Å². The summed E-state index contributed by atoms with van der Waals surface area (Å²) in [6.07, 6.45) is 7.15. The molecule has 9 heteroatoms. The average Bonchev–Trinajstić information content (AvgIpc) is 3.28. The summed E-state index contributed by atoms with van der Waals surface area (Å²) in [5.74, 6) is 1.46. The second-order valence-electron chi connectivity index (χ2n) is 7.82. The van der Waals surface area contributed by atoms with Crippen molar-refractivity contribution in [1.82, 2.24) is 24.4 Å². The number of hydrogen-bond donors (Lipinski definition) is 0. The number of imidazole rings is 1. The lowest BCUT2D eigenvalue weighted by Gasteiger charge is -2.32. The van der Waals surface area contributed by atoms with Crippen molar-refractivity contribution in [2.24, 2.45) is 0 Å².